The molecule has 1 aromatic carbocycles. The zero-order valence-corrected chi connectivity index (χ0v) is 15.7. The van der Waals surface area contributed by atoms with Gasteiger partial charge in [-0.25, -0.2) is 0 Å². The van der Waals surface area contributed by atoms with Crippen molar-refractivity contribution in [3.63, 3.8) is 0 Å². The first-order valence-electron chi connectivity index (χ1n) is 8.97. The number of hydrogen-bond donors (Lipinski definition) is 1. The van der Waals surface area contributed by atoms with Crippen LogP contribution >= 0.6 is 11.3 Å². The Hall–Kier alpha value is -3.07. The first kappa shape index (κ1) is 18.3. The topological polar surface area (TPSA) is 104 Å². The lowest BCUT2D eigenvalue weighted by Gasteiger charge is -2.38. The Kier molecular flexibility index (Phi) is 4.68. The molecule has 4 rings (SSSR count). The molecular weight excluding hydrogens is 382 g/mol. The number of hydrogen-bond acceptors (Lipinski definition) is 6. The van der Waals surface area contributed by atoms with E-state index in [0.29, 0.717) is 22.0 Å². The molecule has 2 aliphatic rings. The number of nitrogens with one attached hydrogen (secondary N) is 1. The maximum absolute atomic E-state index is 12.8. The number of hydrazine groups is 1. The van der Waals surface area contributed by atoms with Crippen molar-refractivity contribution in [3.05, 3.63) is 35.2 Å². The highest BCUT2D eigenvalue weighted by Gasteiger charge is 2.44. The zero-order chi connectivity index (χ0) is 19.8. The molecule has 2 saturated heterocycles. The third-order valence-electron chi connectivity index (χ3n) is 4.87. The fraction of sp³-hybridized carbons (Fsp3) is 0.316. The Morgan fingerprint density at radius 2 is 1.64 bits per heavy atom. The van der Waals surface area contributed by atoms with E-state index in [-0.39, 0.29) is 25.7 Å². The lowest BCUT2D eigenvalue weighted by Crippen LogP contribution is -2.63. The van der Waals surface area contributed by atoms with Gasteiger partial charge in [-0.15, -0.1) is 11.3 Å². The average Bonchev–Trinajstić information content (AvgIpc) is 3.10. The molecule has 2 aromatic rings. The number of amides is 5. The van der Waals surface area contributed by atoms with Crippen LogP contribution < -0.4 is 5.32 Å². The number of fused-ring (bicyclic) bond motifs is 1. The molecule has 2 fully saturated rings. The van der Waals surface area contributed by atoms with Crippen molar-refractivity contribution in [2.75, 3.05) is 0 Å². The summed E-state index contributed by atoms with van der Waals surface area (Å²) >= 11 is 1.42. The second kappa shape index (κ2) is 7.16. The van der Waals surface area contributed by atoms with Crippen LogP contribution in [0.2, 0.25) is 0 Å². The van der Waals surface area contributed by atoms with Gasteiger partial charge in [0.15, 0.2) is 0 Å². The number of carbonyl (C=O) groups is 5. The third kappa shape index (κ3) is 3.07. The Morgan fingerprint density at radius 3 is 2.39 bits per heavy atom. The Balaban J connectivity index is 1.56. The molecule has 0 bridgehead atoms. The molecular formula is C19H17N3O5S. The first-order valence-corrected chi connectivity index (χ1v) is 9.85. The molecule has 8 nitrogen and oxygen atoms in total. The summed E-state index contributed by atoms with van der Waals surface area (Å²) in [7, 11) is 0. The van der Waals surface area contributed by atoms with Gasteiger partial charge >= 0.3 is 0 Å². The Bertz CT molecular complexity index is 998. The largest absolute Gasteiger partial charge is 0.340 e. The number of thiophene rings is 1. The lowest BCUT2D eigenvalue weighted by atomic mass is 10.0. The van der Waals surface area contributed by atoms with E-state index < -0.39 is 35.6 Å². The average molecular weight is 399 g/mol. The van der Waals surface area contributed by atoms with Crippen molar-refractivity contribution < 1.29 is 24.0 Å². The van der Waals surface area contributed by atoms with Gasteiger partial charge < -0.3 is 5.32 Å². The van der Waals surface area contributed by atoms with Crippen molar-refractivity contribution in [1.82, 2.24) is 15.3 Å². The second-order valence-corrected chi connectivity index (χ2v) is 7.62. The van der Waals surface area contributed by atoms with Gasteiger partial charge in [-0.1, -0.05) is 18.2 Å². The standard InChI is InChI=1S/C19H17N3O5S/c23-15-6-3-7-16(24)21(15)22-17(25)9-8-13(19(22)27)20-18(26)12-10-28-14-5-2-1-4-11(12)14/h1-2,4-5,10,13H,3,6-9H2,(H,20,26). The van der Waals surface area contributed by atoms with Crippen LogP contribution in [0.15, 0.2) is 29.6 Å². The van der Waals surface area contributed by atoms with E-state index >= 15 is 0 Å². The van der Waals surface area contributed by atoms with Crippen LogP contribution in [0.25, 0.3) is 10.1 Å². The van der Waals surface area contributed by atoms with E-state index in [1.54, 1.807) is 5.38 Å². The molecule has 1 atom stereocenters. The van der Waals surface area contributed by atoms with Crippen LogP contribution in [0, 0.1) is 0 Å². The fourth-order valence-electron chi connectivity index (χ4n) is 3.47. The van der Waals surface area contributed by atoms with E-state index in [1.807, 2.05) is 24.3 Å². The molecule has 1 N–H and O–H groups in total. The van der Waals surface area contributed by atoms with Gasteiger partial charge in [0, 0.05) is 34.7 Å². The molecule has 1 aromatic heterocycles. The van der Waals surface area contributed by atoms with Crippen LogP contribution in [-0.4, -0.2) is 45.6 Å². The fourth-order valence-corrected chi connectivity index (χ4v) is 4.41. The summed E-state index contributed by atoms with van der Waals surface area (Å²) in [6.07, 6.45) is 0.674. The summed E-state index contributed by atoms with van der Waals surface area (Å²) < 4.78 is 0.948. The summed E-state index contributed by atoms with van der Waals surface area (Å²) in [5, 5.41) is 6.41. The van der Waals surface area contributed by atoms with Crippen LogP contribution in [0.3, 0.4) is 0 Å². The van der Waals surface area contributed by atoms with Gasteiger partial charge in [0.2, 0.25) is 17.7 Å². The molecule has 3 heterocycles. The van der Waals surface area contributed by atoms with Gasteiger partial charge in [-0.3, -0.25) is 24.0 Å². The molecule has 0 radical (unpaired) electrons. The number of piperidine rings is 2. The predicted octanol–water partition coefficient (Wildman–Crippen LogP) is 1.60. The summed E-state index contributed by atoms with van der Waals surface area (Å²) in [5.74, 6) is -2.95. The summed E-state index contributed by atoms with van der Waals surface area (Å²) in [4.78, 5) is 62.1. The molecule has 0 spiro atoms. The van der Waals surface area contributed by atoms with Crippen molar-refractivity contribution >= 4 is 51.0 Å². The van der Waals surface area contributed by atoms with Crippen molar-refractivity contribution in [2.24, 2.45) is 0 Å². The number of nitrogens with zero attached hydrogens (tertiary/aromatic N) is 2. The van der Waals surface area contributed by atoms with E-state index in [1.165, 1.54) is 11.3 Å². The number of imide groups is 2. The third-order valence-corrected chi connectivity index (χ3v) is 5.84. The molecule has 144 valence electrons. The number of rotatable bonds is 3. The summed E-state index contributed by atoms with van der Waals surface area (Å²) in [6, 6.07) is 6.44. The van der Waals surface area contributed by atoms with Gasteiger partial charge in [-0.05, 0) is 18.9 Å². The van der Waals surface area contributed by atoms with E-state index in [0.717, 1.165) is 10.1 Å². The predicted molar refractivity (Wildman–Crippen MR) is 99.9 cm³/mol. The monoisotopic (exact) mass is 399 g/mol. The quantitative estimate of drug-likeness (QED) is 0.790. The minimum atomic E-state index is -0.980. The maximum atomic E-state index is 12.8. The molecule has 0 aliphatic carbocycles. The maximum Gasteiger partial charge on any atom is 0.271 e. The molecule has 9 heteroatoms. The van der Waals surface area contributed by atoms with E-state index in [4.69, 9.17) is 0 Å². The van der Waals surface area contributed by atoms with E-state index in [9.17, 15) is 24.0 Å². The summed E-state index contributed by atoms with van der Waals surface area (Å²) in [6.45, 7) is 0. The SMILES string of the molecule is O=C(NC1CCC(=O)N(N2C(=O)CCCC2=O)C1=O)c1csc2ccccc12. The van der Waals surface area contributed by atoms with Gasteiger partial charge in [0.1, 0.15) is 6.04 Å². The smallest absolute Gasteiger partial charge is 0.271 e. The molecule has 28 heavy (non-hydrogen) atoms. The highest BCUT2D eigenvalue weighted by atomic mass is 32.1. The molecule has 5 amide bonds. The van der Waals surface area contributed by atoms with Crippen LogP contribution in [-0.2, 0) is 19.2 Å². The lowest BCUT2D eigenvalue weighted by molar-refractivity contribution is -0.185. The number of benzene rings is 1. The molecule has 2 aliphatic heterocycles. The van der Waals surface area contributed by atoms with Crippen LogP contribution in [0.5, 0.6) is 0 Å². The van der Waals surface area contributed by atoms with Gasteiger partial charge in [0.05, 0.1) is 5.56 Å². The van der Waals surface area contributed by atoms with Gasteiger partial charge in [0.25, 0.3) is 11.8 Å². The van der Waals surface area contributed by atoms with Crippen molar-refractivity contribution in [1.29, 1.82) is 0 Å². The molecule has 0 saturated carbocycles. The number of carbonyl (C=O) groups excluding carboxylic acids is 5. The Morgan fingerprint density at radius 1 is 0.964 bits per heavy atom. The van der Waals surface area contributed by atoms with Crippen molar-refractivity contribution in [3.8, 4) is 0 Å². The minimum absolute atomic E-state index is 0.0435. The van der Waals surface area contributed by atoms with Crippen LogP contribution in [0.4, 0.5) is 0 Å². The summed E-state index contributed by atoms with van der Waals surface area (Å²) in [5.41, 5.74) is 0.446. The zero-order valence-electron chi connectivity index (χ0n) is 14.8. The van der Waals surface area contributed by atoms with Crippen molar-refractivity contribution in [2.45, 2.75) is 38.1 Å². The van der Waals surface area contributed by atoms with Crippen LogP contribution in [0.1, 0.15) is 42.5 Å². The normalized spacial score (nSPS) is 20.8. The molecule has 1 unspecified atom stereocenters. The van der Waals surface area contributed by atoms with E-state index in [2.05, 4.69) is 5.32 Å². The highest BCUT2D eigenvalue weighted by Crippen LogP contribution is 2.26. The highest BCUT2D eigenvalue weighted by molar-refractivity contribution is 7.17. The Labute approximate surface area is 164 Å². The minimum Gasteiger partial charge on any atom is -0.340 e. The second-order valence-electron chi connectivity index (χ2n) is 6.71. The first-order chi connectivity index (χ1) is 13.5. The van der Waals surface area contributed by atoms with Gasteiger partial charge in [-0.2, -0.15) is 10.0 Å².